The summed E-state index contributed by atoms with van der Waals surface area (Å²) in [7, 11) is 1.78. The largest absolute Gasteiger partial charge is 0.490 e. The molecular weight excluding hydrogens is 461 g/mol. The molecule has 4 rings (SSSR count). The molecule has 0 aromatic carbocycles. The second kappa shape index (κ2) is 10.6. The standard InChI is InChI=1S/C19H20N4O2S.C2HF3O2/c1-23(12-14-11-16(22-25-14)13-6-9-20-10-7-13)19(24)18-5-4-17(26-18)15-3-2-8-21-15;3-2(4,5)1(6)7/h4-7,9-11,15,21H,2-3,8,12H2,1H3;(H,6,7). The SMILES string of the molecule is CN(Cc1cc(-c2ccncc2)no1)C(=O)c1ccc(C2CCCN2)s1.O=C(O)C(F)(F)F. The van der Waals surface area contributed by atoms with Gasteiger partial charge in [-0.05, 0) is 43.7 Å². The Hall–Kier alpha value is -3.25. The van der Waals surface area contributed by atoms with Gasteiger partial charge in [-0.25, -0.2) is 4.79 Å². The fourth-order valence-corrected chi connectivity index (χ4v) is 4.24. The van der Waals surface area contributed by atoms with Gasteiger partial charge in [-0.1, -0.05) is 5.16 Å². The van der Waals surface area contributed by atoms with Crippen LogP contribution in [0.3, 0.4) is 0 Å². The van der Waals surface area contributed by atoms with Crippen molar-refractivity contribution in [1.29, 1.82) is 0 Å². The number of pyridine rings is 1. The normalized spacial score (nSPS) is 15.6. The van der Waals surface area contributed by atoms with Crippen LogP contribution in [0.1, 0.15) is 39.2 Å². The van der Waals surface area contributed by atoms with E-state index >= 15 is 0 Å². The molecule has 1 saturated heterocycles. The molecule has 12 heteroatoms. The molecule has 1 atom stereocenters. The van der Waals surface area contributed by atoms with Crippen molar-refractivity contribution in [3.05, 3.63) is 58.2 Å². The number of carbonyl (C=O) groups is 2. The third kappa shape index (κ3) is 6.62. The van der Waals surface area contributed by atoms with Crippen molar-refractivity contribution >= 4 is 23.2 Å². The quantitative estimate of drug-likeness (QED) is 0.563. The van der Waals surface area contributed by atoms with Crippen molar-refractivity contribution in [2.75, 3.05) is 13.6 Å². The minimum atomic E-state index is -5.08. The van der Waals surface area contributed by atoms with Crippen LogP contribution >= 0.6 is 11.3 Å². The Labute approximate surface area is 191 Å². The summed E-state index contributed by atoms with van der Waals surface area (Å²) >= 11 is 1.57. The predicted octanol–water partition coefficient (Wildman–Crippen LogP) is 4.13. The lowest BCUT2D eigenvalue weighted by atomic mass is 10.2. The van der Waals surface area contributed by atoms with E-state index in [-0.39, 0.29) is 5.91 Å². The predicted molar refractivity (Wildman–Crippen MR) is 114 cm³/mol. The van der Waals surface area contributed by atoms with Gasteiger partial charge in [-0.2, -0.15) is 13.2 Å². The Balaban J connectivity index is 0.000000383. The molecule has 0 saturated carbocycles. The zero-order valence-corrected chi connectivity index (χ0v) is 18.3. The number of alkyl halides is 3. The molecule has 33 heavy (non-hydrogen) atoms. The smallest absolute Gasteiger partial charge is 0.475 e. The van der Waals surface area contributed by atoms with E-state index in [1.165, 1.54) is 11.3 Å². The van der Waals surface area contributed by atoms with Crippen LogP contribution in [0.15, 0.2) is 47.2 Å². The number of thiophene rings is 1. The topological polar surface area (TPSA) is 109 Å². The molecule has 0 aliphatic carbocycles. The van der Waals surface area contributed by atoms with Crippen LogP contribution in [0.2, 0.25) is 0 Å². The minimum Gasteiger partial charge on any atom is -0.475 e. The van der Waals surface area contributed by atoms with Crippen molar-refractivity contribution in [2.45, 2.75) is 31.6 Å². The molecule has 3 aromatic rings. The van der Waals surface area contributed by atoms with Crippen LogP contribution in [0, 0.1) is 0 Å². The van der Waals surface area contributed by atoms with E-state index in [1.807, 2.05) is 24.3 Å². The number of rotatable bonds is 5. The molecule has 1 unspecified atom stereocenters. The van der Waals surface area contributed by atoms with Crippen LogP contribution in [-0.2, 0) is 11.3 Å². The Bertz CT molecular complexity index is 1080. The van der Waals surface area contributed by atoms with Gasteiger partial charge >= 0.3 is 12.1 Å². The number of halogens is 3. The molecular formula is C21H21F3N4O4S. The van der Waals surface area contributed by atoms with Crippen LogP contribution in [0.4, 0.5) is 13.2 Å². The van der Waals surface area contributed by atoms with Gasteiger partial charge in [0.15, 0.2) is 5.76 Å². The minimum absolute atomic E-state index is 0.00103. The van der Waals surface area contributed by atoms with E-state index in [0.29, 0.717) is 18.3 Å². The molecule has 1 aliphatic rings. The van der Waals surface area contributed by atoms with Crippen molar-refractivity contribution in [2.24, 2.45) is 0 Å². The fraction of sp³-hybridized carbons (Fsp3) is 0.333. The van der Waals surface area contributed by atoms with E-state index in [1.54, 1.807) is 35.7 Å². The summed E-state index contributed by atoms with van der Waals surface area (Å²) in [5.41, 5.74) is 1.69. The van der Waals surface area contributed by atoms with E-state index in [9.17, 15) is 18.0 Å². The summed E-state index contributed by atoms with van der Waals surface area (Å²) in [6, 6.07) is 9.99. The summed E-state index contributed by atoms with van der Waals surface area (Å²) in [6.45, 7) is 1.43. The number of carboxylic acid groups (broad SMARTS) is 1. The number of aromatic nitrogens is 2. The molecule has 0 spiro atoms. The average Bonchev–Trinajstić information content (AvgIpc) is 3.54. The maximum Gasteiger partial charge on any atom is 0.490 e. The van der Waals surface area contributed by atoms with E-state index in [4.69, 9.17) is 14.4 Å². The molecule has 8 nitrogen and oxygen atoms in total. The summed E-state index contributed by atoms with van der Waals surface area (Å²) in [5.74, 6) is -2.10. The van der Waals surface area contributed by atoms with Crippen LogP contribution < -0.4 is 5.32 Å². The lowest BCUT2D eigenvalue weighted by molar-refractivity contribution is -0.192. The number of nitrogens with one attached hydrogen (secondary N) is 1. The second-order valence-corrected chi connectivity index (χ2v) is 8.34. The average molecular weight is 482 g/mol. The maximum absolute atomic E-state index is 12.7. The maximum atomic E-state index is 12.7. The highest BCUT2D eigenvalue weighted by atomic mass is 32.1. The lowest BCUT2D eigenvalue weighted by Crippen LogP contribution is -2.25. The Kier molecular flexibility index (Phi) is 7.82. The first kappa shape index (κ1) is 24.4. The van der Waals surface area contributed by atoms with Gasteiger partial charge in [0.2, 0.25) is 0 Å². The summed E-state index contributed by atoms with van der Waals surface area (Å²) in [6.07, 6.45) is 0.677. The molecule has 2 N–H and O–H groups in total. The molecule has 1 fully saturated rings. The summed E-state index contributed by atoms with van der Waals surface area (Å²) < 4.78 is 37.1. The number of aliphatic carboxylic acids is 1. The number of nitrogens with zero attached hydrogens (tertiary/aromatic N) is 3. The molecule has 1 amide bonds. The van der Waals surface area contributed by atoms with Crippen LogP contribution in [0.25, 0.3) is 11.3 Å². The molecule has 176 valence electrons. The first-order valence-corrected chi connectivity index (χ1v) is 10.7. The van der Waals surface area contributed by atoms with Crippen molar-refractivity contribution in [3.8, 4) is 11.3 Å². The molecule has 0 radical (unpaired) electrons. The molecule has 4 heterocycles. The molecule has 1 aliphatic heterocycles. The van der Waals surface area contributed by atoms with Gasteiger partial charge in [0.1, 0.15) is 5.69 Å². The van der Waals surface area contributed by atoms with Crippen LogP contribution in [-0.4, -0.2) is 51.8 Å². The number of carboxylic acids is 1. The first-order chi connectivity index (χ1) is 15.6. The fourth-order valence-electron chi connectivity index (χ4n) is 3.12. The summed E-state index contributed by atoms with van der Waals surface area (Å²) in [4.78, 5) is 29.2. The van der Waals surface area contributed by atoms with Crippen molar-refractivity contribution in [3.63, 3.8) is 0 Å². The van der Waals surface area contributed by atoms with Crippen molar-refractivity contribution < 1.29 is 32.4 Å². The van der Waals surface area contributed by atoms with E-state index in [2.05, 4.69) is 21.5 Å². The van der Waals surface area contributed by atoms with E-state index in [0.717, 1.165) is 29.1 Å². The highest BCUT2D eigenvalue weighted by molar-refractivity contribution is 7.14. The highest BCUT2D eigenvalue weighted by Gasteiger charge is 2.38. The third-order valence-corrected chi connectivity index (χ3v) is 5.95. The Morgan fingerprint density at radius 2 is 1.97 bits per heavy atom. The monoisotopic (exact) mass is 482 g/mol. The third-order valence-electron chi connectivity index (χ3n) is 4.76. The Morgan fingerprint density at radius 1 is 1.27 bits per heavy atom. The second-order valence-electron chi connectivity index (χ2n) is 7.23. The van der Waals surface area contributed by atoms with Crippen molar-refractivity contribution in [1.82, 2.24) is 20.4 Å². The zero-order valence-electron chi connectivity index (χ0n) is 17.5. The van der Waals surface area contributed by atoms with E-state index < -0.39 is 12.1 Å². The van der Waals surface area contributed by atoms with Gasteiger partial charge in [-0.15, -0.1) is 11.3 Å². The van der Waals surface area contributed by atoms with Crippen LogP contribution in [0.5, 0.6) is 0 Å². The van der Waals surface area contributed by atoms with Gasteiger partial charge in [0, 0.05) is 42.0 Å². The number of carbonyl (C=O) groups excluding carboxylic acids is 1. The number of hydrogen-bond acceptors (Lipinski definition) is 7. The van der Waals surface area contributed by atoms with Gasteiger partial charge in [0.25, 0.3) is 5.91 Å². The first-order valence-electron chi connectivity index (χ1n) is 9.90. The zero-order chi connectivity index (χ0) is 24.0. The van der Waals surface area contributed by atoms with Gasteiger partial charge in [0.05, 0.1) is 11.4 Å². The summed E-state index contributed by atoms with van der Waals surface area (Å²) in [5, 5.41) is 14.7. The molecule has 0 bridgehead atoms. The van der Waals surface area contributed by atoms with Gasteiger partial charge < -0.3 is 19.8 Å². The lowest BCUT2D eigenvalue weighted by Gasteiger charge is -2.14. The number of hydrogen-bond donors (Lipinski definition) is 2. The molecule has 3 aromatic heterocycles. The Morgan fingerprint density at radius 3 is 2.58 bits per heavy atom. The highest BCUT2D eigenvalue weighted by Crippen LogP contribution is 2.30. The number of amides is 1. The van der Waals surface area contributed by atoms with Gasteiger partial charge in [-0.3, -0.25) is 9.78 Å².